The summed E-state index contributed by atoms with van der Waals surface area (Å²) in [7, 11) is 1.63. The maximum absolute atomic E-state index is 14.3. The van der Waals surface area contributed by atoms with Gasteiger partial charge in [-0.25, -0.2) is 0 Å². The molecule has 2 aliphatic rings. The van der Waals surface area contributed by atoms with Crippen molar-refractivity contribution in [3.05, 3.63) is 90.0 Å². The fourth-order valence-electron chi connectivity index (χ4n) is 5.29. The number of carbonyl (C=O) groups excluding carboxylic acids is 2. The van der Waals surface area contributed by atoms with Gasteiger partial charge in [-0.05, 0) is 48.7 Å². The summed E-state index contributed by atoms with van der Waals surface area (Å²) < 4.78 is 5.30. The number of Topliss-reactive ketones (excluding diaryl/α,β-unsaturated/α-hetero) is 1. The number of methoxy groups -OCH3 is 1. The van der Waals surface area contributed by atoms with Crippen molar-refractivity contribution >= 4 is 23.1 Å². The quantitative estimate of drug-likeness (QED) is 0.564. The van der Waals surface area contributed by atoms with Crippen LogP contribution in [0.2, 0.25) is 0 Å². The minimum Gasteiger partial charge on any atom is -0.497 e. The number of para-hydroxylation sites is 1. The molecule has 0 saturated heterocycles. The third kappa shape index (κ3) is 3.67. The Bertz CT molecular complexity index is 1160. The molecule has 1 N–H and O–H groups in total. The van der Waals surface area contributed by atoms with Gasteiger partial charge in [0, 0.05) is 17.7 Å². The predicted octanol–water partition coefficient (Wildman–Crippen LogP) is 5.31. The van der Waals surface area contributed by atoms with Gasteiger partial charge in [-0.15, -0.1) is 0 Å². The summed E-state index contributed by atoms with van der Waals surface area (Å²) >= 11 is 0. The lowest BCUT2D eigenvalue weighted by atomic mass is 9.70. The van der Waals surface area contributed by atoms with Crippen LogP contribution in [0.15, 0.2) is 78.9 Å². The molecule has 3 aromatic rings. The van der Waals surface area contributed by atoms with E-state index >= 15 is 0 Å². The van der Waals surface area contributed by atoms with Crippen molar-refractivity contribution in [1.82, 2.24) is 0 Å². The van der Waals surface area contributed by atoms with Crippen LogP contribution in [0.5, 0.6) is 5.75 Å². The maximum Gasteiger partial charge on any atom is 0.258 e. The van der Waals surface area contributed by atoms with Crippen molar-refractivity contribution in [2.24, 2.45) is 5.92 Å². The van der Waals surface area contributed by atoms with Crippen molar-refractivity contribution in [2.75, 3.05) is 17.3 Å². The smallest absolute Gasteiger partial charge is 0.258 e. The van der Waals surface area contributed by atoms with Crippen molar-refractivity contribution in [1.29, 1.82) is 0 Å². The van der Waals surface area contributed by atoms with Crippen LogP contribution in [0.1, 0.15) is 36.8 Å². The summed E-state index contributed by atoms with van der Waals surface area (Å²) in [5.41, 5.74) is 2.46. The molecule has 1 saturated carbocycles. The van der Waals surface area contributed by atoms with Gasteiger partial charge in [0.2, 0.25) is 0 Å². The summed E-state index contributed by atoms with van der Waals surface area (Å²) in [6, 6.07) is 25.4. The number of anilines is 2. The maximum atomic E-state index is 14.3. The van der Waals surface area contributed by atoms with E-state index in [2.05, 4.69) is 5.32 Å². The molecule has 1 heterocycles. The Morgan fingerprint density at radius 1 is 0.939 bits per heavy atom. The number of fused-ring (bicyclic) bond motifs is 1. The number of carbonyl (C=O) groups is 2. The zero-order valence-electron chi connectivity index (χ0n) is 18.8. The van der Waals surface area contributed by atoms with E-state index in [0.717, 1.165) is 41.1 Å². The SMILES string of the molecule is COc1ccc(NC2(C3CCCCC3=O)C(=O)N(Cc3ccccc3)c3ccccc32)cc1. The Morgan fingerprint density at radius 3 is 2.39 bits per heavy atom. The summed E-state index contributed by atoms with van der Waals surface area (Å²) in [6.07, 6.45) is 3.04. The summed E-state index contributed by atoms with van der Waals surface area (Å²) in [4.78, 5) is 29.5. The predicted molar refractivity (Wildman–Crippen MR) is 129 cm³/mol. The first kappa shape index (κ1) is 21.3. The van der Waals surface area contributed by atoms with E-state index in [1.165, 1.54) is 0 Å². The molecule has 1 aliphatic heterocycles. The van der Waals surface area contributed by atoms with E-state index in [9.17, 15) is 9.59 Å². The fraction of sp³-hybridized carbons (Fsp3) is 0.286. The number of benzene rings is 3. The van der Waals surface area contributed by atoms with Crippen LogP contribution in [0, 0.1) is 5.92 Å². The first-order chi connectivity index (χ1) is 16.1. The average molecular weight is 441 g/mol. The van der Waals surface area contributed by atoms with Gasteiger partial charge in [-0.2, -0.15) is 0 Å². The van der Waals surface area contributed by atoms with Gasteiger partial charge >= 0.3 is 0 Å². The molecule has 0 bridgehead atoms. The zero-order chi connectivity index (χ0) is 22.8. The Morgan fingerprint density at radius 2 is 1.67 bits per heavy atom. The third-order valence-corrected chi connectivity index (χ3v) is 6.89. The van der Waals surface area contributed by atoms with Crippen LogP contribution in [-0.4, -0.2) is 18.8 Å². The molecule has 0 aromatic heterocycles. The highest BCUT2D eigenvalue weighted by Crippen LogP contribution is 2.50. The van der Waals surface area contributed by atoms with Crippen molar-refractivity contribution in [3.63, 3.8) is 0 Å². The standard InChI is InChI=1S/C28H28N2O3/c1-33-22-17-15-21(16-18-22)29-28(24-12-6-8-14-26(24)31)23-11-5-7-13-25(23)30(27(28)32)19-20-9-3-2-4-10-20/h2-5,7,9-11,13,15-18,24,29H,6,8,12,14,19H2,1H3. The van der Waals surface area contributed by atoms with Crippen molar-refractivity contribution in [2.45, 2.75) is 37.8 Å². The van der Waals surface area contributed by atoms with Crippen LogP contribution < -0.4 is 15.0 Å². The summed E-state index contributed by atoms with van der Waals surface area (Å²) in [5.74, 6) is 0.422. The number of rotatable bonds is 6. The number of amides is 1. The molecular formula is C28H28N2O3. The molecule has 5 rings (SSSR count). The molecule has 0 spiro atoms. The van der Waals surface area contributed by atoms with E-state index in [-0.39, 0.29) is 11.7 Å². The van der Waals surface area contributed by atoms with Crippen LogP contribution in [-0.2, 0) is 21.7 Å². The molecule has 2 atom stereocenters. The molecule has 5 nitrogen and oxygen atoms in total. The first-order valence-electron chi connectivity index (χ1n) is 11.5. The van der Waals surface area contributed by atoms with Gasteiger partial charge in [0.25, 0.3) is 5.91 Å². The van der Waals surface area contributed by atoms with Crippen LogP contribution in [0.4, 0.5) is 11.4 Å². The lowest BCUT2D eigenvalue weighted by Crippen LogP contribution is -2.54. The van der Waals surface area contributed by atoms with Gasteiger partial charge in [0.1, 0.15) is 11.5 Å². The minimum atomic E-state index is -1.13. The Labute approximate surface area is 194 Å². The molecule has 5 heteroatoms. The highest BCUT2D eigenvalue weighted by molar-refractivity contribution is 6.12. The Hall–Kier alpha value is -3.60. The van der Waals surface area contributed by atoms with Gasteiger partial charge in [-0.1, -0.05) is 55.0 Å². The van der Waals surface area contributed by atoms with E-state index < -0.39 is 11.5 Å². The van der Waals surface area contributed by atoms with E-state index in [4.69, 9.17) is 4.74 Å². The lowest BCUT2D eigenvalue weighted by Gasteiger charge is -2.39. The van der Waals surface area contributed by atoms with Crippen LogP contribution in [0.25, 0.3) is 0 Å². The van der Waals surface area contributed by atoms with E-state index in [1.807, 2.05) is 83.8 Å². The van der Waals surface area contributed by atoms with Crippen LogP contribution in [0.3, 0.4) is 0 Å². The van der Waals surface area contributed by atoms with Gasteiger partial charge in [-0.3, -0.25) is 9.59 Å². The molecule has 33 heavy (non-hydrogen) atoms. The Kier molecular flexibility index (Phi) is 5.63. The average Bonchev–Trinajstić information content (AvgIpc) is 3.09. The van der Waals surface area contributed by atoms with E-state index in [0.29, 0.717) is 19.4 Å². The van der Waals surface area contributed by atoms with Crippen molar-refractivity contribution in [3.8, 4) is 5.75 Å². The molecule has 168 valence electrons. The van der Waals surface area contributed by atoms with Crippen LogP contribution >= 0.6 is 0 Å². The molecule has 1 fully saturated rings. The van der Waals surface area contributed by atoms with Gasteiger partial charge < -0.3 is 15.0 Å². The number of hydrogen-bond donors (Lipinski definition) is 1. The zero-order valence-corrected chi connectivity index (χ0v) is 18.8. The number of nitrogens with one attached hydrogen (secondary N) is 1. The van der Waals surface area contributed by atoms with Crippen molar-refractivity contribution < 1.29 is 14.3 Å². The second kappa shape index (κ2) is 8.74. The normalized spacial score (nSPS) is 22.2. The van der Waals surface area contributed by atoms with E-state index in [1.54, 1.807) is 7.11 Å². The van der Waals surface area contributed by atoms with Gasteiger partial charge in [0.05, 0.1) is 25.3 Å². The Balaban J connectivity index is 1.63. The highest BCUT2D eigenvalue weighted by atomic mass is 16.5. The summed E-state index contributed by atoms with van der Waals surface area (Å²) in [6.45, 7) is 0.462. The first-order valence-corrected chi connectivity index (χ1v) is 11.5. The molecule has 3 aromatic carbocycles. The molecular weight excluding hydrogens is 412 g/mol. The molecule has 2 unspecified atom stereocenters. The largest absolute Gasteiger partial charge is 0.497 e. The topological polar surface area (TPSA) is 58.6 Å². The fourth-order valence-corrected chi connectivity index (χ4v) is 5.29. The number of nitrogens with zero attached hydrogens (tertiary/aromatic N) is 1. The van der Waals surface area contributed by atoms with Gasteiger partial charge in [0.15, 0.2) is 5.54 Å². The summed E-state index contributed by atoms with van der Waals surface area (Å²) in [5, 5.41) is 3.56. The number of hydrogen-bond acceptors (Lipinski definition) is 4. The highest BCUT2D eigenvalue weighted by Gasteiger charge is 2.57. The second-order valence-electron chi connectivity index (χ2n) is 8.82. The molecule has 1 aliphatic carbocycles. The lowest BCUT2D eigenvalue weighted by molar-refractivity contribution is -0.134. The third-order valence-electron chi connectivity index (χ3n) is 6.89. The minimum absolute atomic E-state index is 0.0661. The molecule has 1 amide bonds. The monoisotopic (exact) mass is 440 g/mol. The number of ether oxygens (including phenoxy) is 1. The molecule has 0 radical (unpaired) electrons. The number of ketones is 1. The second-order valence-corrected chi connectivity index (χ2v) is 8.82.